The van der Waals surface area contributed by atoms with Crippen LogP contribution in [0.4, 0.5) is 5.82 Å². The first-order chi connectivity index (χ1) is 12.3. The molecule has 0 unspecified atom stereocenters. The second kappa shape index (κ2) is 5.80. The van der Waals surface area contributed by atoms with Gasteiger partial charge in [-0.25, -0.2) is 0 Å². The topological polar surface area (TPSA) is 67.4 Å². The average Bonchev–Trinajstić information content (AvgIpc) is 3.20. The molecule has 0 bridgehead atoms. The van der Waals surface area contributed by atoms with E-state index < -0.39 is 0 Å². The molecule has 0 saturated carbocycles. The zero-order chi connectivity index (χ0) is 16.8. The van der Waals surface area contributed by atoms with Crippen molar-refractivity contribution in [2.24, 2.45) is 0 Å². The number of aryl methyl sites for hydroxylation is 1. The minimum absolute atomic E-state index is 0.553. The summed E-state index contributed by atoms with van der Waals surface area (Å²) in [6.45, 7) is 4.06. The van der Waals surface area contributed by atoms with E-state index in [9.17, 15) is 0 Å². The van der Waals surface area contributed by atoms with Gasteiger partial charge in [0.25, 0.3) is 0 Å². The molecular formula is C17H22N8. The first-order valence-corrected chi connectivity index (χ1v) is 8.94. The Kier molecular flexibility index (Phi) is 3.44. The number of hydrogen-bond donors (Lipinski definition) is 0. The molecule has 0 aromatic carbocycles. The Labute approximate surface area is 146 Å². The maximum Gasteiger partial charge on any atom is 0.177 e. The van der Waals surface area contributed by atoms with Crippen molar-refractivity contribution in [3.05, 3.63) is 35.9 Å². The molecule has 130 valence electrons. The van der Waals surface area contributed by atoms with Crippen LogP contribution in [0.2, 0.25) is 0 Å². The van der Waals surface area contributed by atoms with Crippen molar-refractivity contribution in [3.8, 4) is 0 Å². The third-order valence-corrected chi connectivity index (χ3v) is 5.45. The van der Waals surface area contributed by atoms with Crippen LogP contribution in [0.5, 0.6) is 0 Å². The SMILES string of the molecule is CN(Cc1cnn2c1CCCC2)C1CN(c2ccc3nncn3n2)C1. The van der Waals surface area contributed by atoms with Crippen LogP contribution in [0.3, 0.4) is 0 Å². The number of hydrogen-bond acceptors (Lipinski definition) is 6. The molecule has 0 spiro atoms. The quantitative estimate of drug-likeness (QED) is 0.706. The molecule has 0 aliphatic carbocycles. The highest BCUT2D eigenvalue weighted by atomic mass is 15.4. The van der Waals surface area contributed by atoms with Gasteiger partial charge in [-0.3, -0.25) is 9.58 Å². The lowest BCUT2D eigenvalue weighted by atomic mass is 10.0. The number of rotatable bonds is 4. The largest absolute Gasteiger partial charge is 0.352 e. The second-order valence-corrected chi connectivity index (χ2v) is 7.10. The predicted octanol–water partition coefficient (Wildman–Crippen LogP) is 0.978. The van der Waals surface area contributed by atoms with Crippen LogP contribution >= 0.6 is 0 Å². The van der Waals surface area contributed by atoms with E-state index in [-0.39, 0.29) is 0 Å². The first-order valence-electron chi connectivity index (χ1n) is 8.94. The summed E-state index contributed by atoms with van der Waals surface area (Å²) < 4.78 is 3.92. The van der Waals surface area contributed by atoms with Gasteiger partial charge in [0.05, 0.1) is 6.20 Å². The highest BCUT2D eigenvalue weighted by Gasteiger charge is 2.31. The molecule has 0 amide bonds. The molecule has 5 rings (SSSR count). The number of likely N-dealkylation sites (N-methyl/N-ethyl adjacent to an activating group) is 1. The number of anilines is 1. The van der Waals surface area contributed by atoms with Crippen LogP contribution in [0.25, 0.3) is 5.65 Å². The second-order valence-electron chi connectivity index (χ2n) is 7.10. The minimum Gasteiger partial charge on any atom is -0.352 e. The van der Waals surface area contributed by atoms with Crippen LogP contribution in [-0.4, -0.2) is 60.7 Å². The minimum atomic E-state index is 0.553. The van der Waals surface area contributed by atoms with Crippen molar-refractivity contribution in [1.29, 1.82) is 0 Å². The smallest absolute Gasteiger partial charge is 0.177 e. The molecule has 25 heavy (non-hydrogen) atoms. The van der Waals surface area contributed by atoms with Gasteiger partial charge < -0.3 is 4.90 Å². The van der Waals surface area contributed by atoms with Gasteiger partial charge in [0.2, 0.25) is 0 Å². The third-order valence-electron chi connectivity index (χ3n) is 5.45. The fourth-order valence-electron chi connectivity index (χ4n) is 3.82. The highest BCUT2D eigenvalue weighted by Crippen LogP contribution is 2.24. The molecule has 2 aliphatic heterocycles. The van der Waals surface area contributed by atoms with Crippen molar-refractivity contribution >= 4 is 11.5 Å². The summed E-state index contributed by atoms with van der Waals surface area (Å²) in [5, 5.41) is 17.0. The first kappa shape index (κ1) is 14.8. The van der Waals surface area contributed by atoms with E-state index in [0.29, 0.717) is 6.04 Å². The molecule has 0 N–H and O–H groups in total. The standard InChI is InChI=1S/C17H22N8/c1-22(9-13-8-19-24-7-3-2-4-15(13)24)14-10-23(11-14)17-6-5-16-20-18-12-25(16)21-17/h5-6,8,12,14H,2-4,7,9-11H2,1H3. The van der Waals surface area contributed by atoms with E-state index >= 15 is 0 Å². The normalized spacial score (nSPS) is 17.9. The van der Waals surface area contributed by atoms with Gasteiger partial charge >= 0.3 is 0 Å². The lowest BCUT2D eigenvalue weighted by molar-refractivity contribution is 0.196. The number of fused-ring (bicyclic) bond motifs is 2. The van der Waals surface area contributed by atoms with Crippen LogP contribution < -0.4 is 4.90 Å². The lowest BCUT2D eigenvalue weighted by Crippen LogP contribution is -2.58. The Balaban J connectivity index is 1.23. The molecular weight excluding hydrogens is 316 g/mol. The molecule has 3 aromatic rings. The van der Waals surface area contributed by atoms with Crippen molar-refractivity contribution in [2.45, 2.75) is 38.4 Å². The molecule has 2 aliphatic rings. The number of aromatic nitrogens is 6. The fraction of sp³-hybridized carbons (Fsp3) is 0.529. The van der Waals surface area contributed by atoms with E-state index in [1.54, 1.807) is 10.8 Å². The molecule has 8 heteroatoms. The summed E-state index contributed by atoms with van der Waals surface area (Å²) in [5.41, 5.74) is 3.61. The molecule has 1 fully saturated rings. The molecule has 0 atom stereocenters. The Morgan fingerprint density at radius 1 is 1.24 bits per heavy atom. The summed E-state index contributed by atoms with van der Waals surface area (Å²) in [7, 11) is 2.21. The molecule has 0 radical (unpaired) electrons. The Morgan fingerprint density at radius 3 is 3.08 bits per heavy atom. The van der Waals surface area contributed by atoms with Crippen molar-refractivity contribution in [2.75, 3.05) is 25.0 Å². The molecule has 5 heterocycles. The summed E-state index contributed by atoms with van der Waals surface area (Å²) in [6, 6.07) is 4.54. The summed E-state index contributed by atoms with van der Waals surface area (Å²) in [6.07, 6.45) is 7.42. The predicted molar refractivity (Wildman–Crippen MR) is 93.4 cm³/mol. The van der Waals surface area contributed by atoms with E-state index in [0.717, 1.165) is 37.6 Å². The van der Waals surface area contributed by atoms with E-state index in [1.807, 2.05) is 12.1 Å². The van der Waals surface area contributed by atoms with Gasteiger partial charge in [-0.1, -0.05) is 0 Å². The Bertz CT molecular complexity index is 891. The zero-order valence-corrected chi connectivity index (χ0v) is 14.4. The molecule has 8 nitrogen and oxygen atoms in total. The van der Waals surface area contributed by atoms with E-state index in [1.165, 1.54) is 30.5 Å². The Hall–Kier alpha value is -2.48. The maximum atomic E-state index is 4.57. The molecule has 1 saturated heterocycles. The maximum absolute atomic E-state index is 4.57. The van der Waals surface area contributed by atoms with Gasteiger partial charge in [-0.2, -0.15) is 9.61 Å². The Morgan fingerprint density at radius 2 is 2.16 bits per heavy atom. The monoisotopic (exact) mass is 338 g/mol. The summed E-state index contributed by atoms with van der Waals surface area (Å²) >= 11 is 0. The highest BCUT2D eigenvalue weighted by molar-refractivity contribution is 5.47. The molecule has 3 aromatic heterocycles. The van der Waals surface area contributed by atoms with Crippen LogP contribution in [0.15, 0.2) is 24.7 Å². The van der Waals surface area contributed by atoms with Crippen molar-refractivity contribution in [3.63, 3.8) is 0 Å². The van der Waals surface area contributed by atoms with Gasteiger partial charge in [0.1, 0.15) is 12.1 Å². The zero-order valence-electron chi connectivity index (χ0n) is 14.4. The summed E-state index contributed by atoms with van der Waals surface area (Å²) in [5.74, 6) is 0.986. The van der Waals surface area contributed by atoms with E-state index in [2.05, 4.69) is 48.1 Å². The van der Waals surface area contributed by atoms with Crippen molar-refractivity contribution in [1.82, 2.24) is 34.5 Å². The van der Waals surface area contributed by atoms with Crippen LogP contribution in [-0.2, 0) is 19.5 Å². The van der Waals surface area contributed by atoms with Crippen LogP contribution in [0, 0.1) is 0 Å². The third kappa shape index (κ3) is 2.57. The number of nitrogens with zero attached hydrogens (tertiary/aromatic N) is 8. The summed E-state index contributed by atoms with van der Waals surface area (Å²) in [4.78, 5) is 4.74. The van der Waals surface area contributed by atoms with E-state index in [4.69, 9.17) is 0 Å². The van der Waals surface area contributed by atoms with Gasteiger partial charge in [0, 0.05) is 43.5 Å². The van der Waals surface area contributed by atoms with Gasteiger partial charge in [0.15, 0.2) is 5.65 Å². The fourth-order valence-corrected chi connectivity index (χ4v) is 3.82. The van der Waals surface area contributed by atoms with Gasteiger partial charge in [-0.15, -0.1) is 15.3 Å². The van der Waals surface area contributed by atoms with Crippen LogP contribution in [0.1, 0.15) is 24.1 Å². The average molecular weight is 338 g/mol. The lowest BCUT2D eigenvalue weighted by Gasteiger charge is -2.44. The van der Waals surface area contributed by atoms with Crippen molar-refractivity contribution < 1.29 is 0 Å². The van der Waals surface area contributed by atoms with Gasteiger partial charge in [-0.05, 0) is 38.4 Å².